The third kappa shape index (κ3) is 2970. The van der Waals surface area contributed by atoms with Crippen molar-refractivity contribution in [1.29, 1.82) is 15.8 Å². The summed E-state index contributed by atoms with van der Waals surface area (Å²) in [5.41, 5.74) is 0. The summed E-state index contributed by atoms with van der Waals surface area (Å²) in [4.78, 5) is 0. The Morgan fingerprint density at radius 2 is 0.545 bits per heavy atom. The predicted molar refractivity (Wildman–Crippen MR) is 25.7 cm³/mol. The minimum atomic E-state index is 0. The SMILES string of the molecule is O.O.O.[C-]#N.[C-]#N.[C-]#N.[K+].[Mn+2]. The Morgan fingerprint density at radius 1 is 0.545 bits per heavy atom. The summed E-state index contributed by atoms with van der Waals surface area (Å²) in [6, 6.07) is 0. The van der Waals surface area contributed by atoms with Gasteiger partial charge < -0.3 is 51.9 Å². The minimum Gasteiger partial charge on any atom is -0.512 e. The summed E-state index contributed by atoms with van der Waals surface area (Å²) in [6.45, 7) is 14.2. The fraction of sp³-hybridized carbons (Fsp3) is 0. The largest absolute Gasteiger partial charge is 2.00 e. The molecule has 0 spiro atoms. The molecule has 1 radical (unpaired) electrons. The van der Waals surface area contributed by atoms with Crippen LogP contribution in [0.3, 0.4) is 0 Å². The number of nitrogens with zero attached hydrogens (tertiary/aromatic N) is 3. The molecule has 0 aliphatic carbocycles. The summed E-state index contributed by atoms with van der Waals surface area (Å²) in [5, 5.41) is 18.8. The van der Waals surface area contributed by atoms with Gasteiger partial charge in [0.05, 0.1) is 0 Å². The van der Waals surface area contributed by atoms with Gasteiger partial charge in [-0.05, 0) is 0 Å². The molecule has 0 aromatic heterocycles. The Kier molecular flexibility index (Phi) is 34800. The Bertz CT molecular complexity index is 52.3. The molecule has 0 aromatic carbocycles. The third-order valence-corrected chi connectivity index (χ3v) is 0. The minimum absolute atomic E-state index is 0. The van der Waals surface area contributed by atoms with Crippen LogP contribution in [0.15, 0.2) is 0 Å². The molecule has 0 aliphatic rings. The van der Waals surface area contributed by atoms with E-state index in [9.17, 15) is 0 Å². The molecular weight excluding hydrogens is 220 g/mol. The van der Waals surface area contributed by atoms with E-state index in [0.29, 0.717) is 0 Å². The van der Waals surface area contributed by atoms with Crippen molar-refractivity contribution in [1.82, 2.24) is 0 Å². The zero-order chi connectivity index (χ0) is 6.00. The van der Waals surface area contributed by atoms with Crippen LogP contribution in [0.25, 0.3) is 0 Å². The van der Waals surface area contributed by atoms with Gasteiger partial charge in [0.2, 0.25) is 0 Å². The molecular formula is C3H6KMnN3O3. The molecule has 8 heteroatoms. The van der Waals surface area contributed by atoms with E-state index in [1.807, 2.05) is 0 Å². The Hall–Kier alpha value is 0.506. The van der Waals surface area contributed by atoms with Crippen molar-refractivity contribution in [3.05, 3.63) is 19.7 Å². The van der Waals surface area contributed by atoms with Gasteiger partial charge in [0.1, 0.15) is 0 Å². The van der Waals surface area contributed by atoms with Crippen LogP contribution in [-0.4, -0.2) is 16.4 Å². The first-order valence-electron chi connectivity index (χ1n) is 0.671. The fourth-order valence-electron chi connectivity index (χ4n) is 0. The van der Waals surface area contributed by atoms with Gasteiger partial charge in [0.25, 0.3) is 0 Å². The normalized spacial score (nSPS) is 0.545. The third-order valence-electron chi connectivity index (χ3n) is 0. The van der Waals surface area contributed by atoms with Crippen molar-refractivity contribution in [2.45, 2.75) is 0 Å². The van der Waals surface area contributed by atoms with Gasteiger partial charge in [0.15, 0.2) is 0 Å². The number of hydrogen-bond acceptors (Lipinski definition) is 3. The van der Waals surface area contributed by atoms with Gasteiger partial charge in [-0.2, -0.15) is 0 Å². The molecule has 0 saturated carbocycles. The summed E-state index contributed by atoms with van der Waals surface area (Å²) in [7, 11) is 0. The molecule has 11 heavy (non-hydrogen) atoms. The smallest absolute Gasteiger partial charge is 0.512 e. The molecule has 0 aliphatic heterocycles. The van der Waals surface area contributed by atoms with Crippen LogP contribution in [0.2, 0.25) is 0 Å². The summed E-state index contributed by atoms with van der Waals surface area (Å²) in [5.74, 6) is 0. The van der Waals surface area contributed by atoms with Crippen molar-refractivity contribution < 1.29 is 84.9 Å². The van der Waals surface area contributed by atoms with E-state index < -0.39 is 0 Å². The topological polar surface area (TPSA) is 166 Å². The van der Waals surface area contributed by atoms with Crippen LogP contribution in [0, 0.1) is 35.5 Å². The van der Waals surface area contributed by atoms with Gasteiger partial charge in [-0.3, -0.25) is 0 Å². The maximum absolute atomic E-state index is 6.25. The molecule has 6 N–H and O–H groups in total. The van der Waals surface area contributed by atoms with E-state index in [4.69, 9.17) is 35.5 Å². The van der Waals surface area contributed by atoms with Crippen molar-refractivity contribution in [3.63, 3.8) is 0 Å². The van der Waals surface area contributed by atoms with Crippen molar-refractivity contribution in [2.75, 3.05) is 0 Å². The molecule has 0 atom stereocenters. The van der Waals surface area contributed by atoms with E-state index in [1.54, 1.807) is 0 Å². The Balaban J connectivity index is -0.00000000167. The molecule has 0 saturated heterocycles. The van der Waals surface area contributed by atoms with Gasteiger partial charge >= 0.3 is 68.5 Å². The first kappa shape index (κ1) is 103. The molecule has 0 rings (SSSR count). The number of rotatable bonds is 0. The van der Waals surface area contributed by atoms with E-state index in [2.05, 4.69) is 0 Å². The summed E-state index contributed by atoms with van der Waals surface area (Å²) in [6.07, 6.45) is 0. The van der Waals surface area contributed by atoms with Gasteiger partial charge in [-0.15, -0.1) is 0 Å². The Morgan fingerprint density at radius 3 is 0.545 bits per heavy atom. The van der Waals surface area contributed by atoms with Crippen molar-refractivity contribution in [2.24, 2.45) is 0 Å². The second-order valence-corrected chi connectivity index (χ2v) is 0. The average molecular weight is 226 g/mol. The first-order valence-corrected chi connectivity index (χ1v) is 0.671. The molecule has 0 heterocycles. The monoisotopic (exact) mass is 226 g/mol. The first-order chi connectivity index (χ1) is 3.00. The number of hydrogen-bond donors (Lipinski definition) is 0. The van der Waals surface area contributed by atoms with Gasteiger partial charge in [-0.25, -0.2) is 0 Å². The molecule has 6 nitrogen and oxygen atoms in total. The second kappa shape index (κ2) is 3710. The Labute approximate surface area is 119 Å². The summed E-state index contributed by atoms with van der Waals surface area (Å²) >= 11 is 0. The van der Waals surface area contributed by atoms with E-state index in [-0.39, 0.29) is 84.9 Å². The maximum atomic E-state index is 6.25. The van der Waals surface area contributed by atoms with Crippen molar-refractivity contribution in [3.8, 4) is 0 Å². The van der Waals surface area contributed by atoms with Gasteiger partial charge in [0, 0.05) is 0 Å². The van der Waals surface area contributed by atoms with Crippen LogP contribution in [0.1, 0.15) is 0 Å². The van der Waals surface area contributed by atoms with Crippen LogP contribution in [-0.2, 0) is 17.1 Å². The van der Waals surface area contributed by atoms with E-state index >= 15 is 0 Å². The quantitative estimate of drug-likeness (QED) is 0.298. The van der Waals surface area contributed by atoms with Gasteiger partial charge in [-0.1, -0.05) is 0 Å². The van der Waals surface area contributed by atoms with Crippen LogP contribution < -0.4 is 51.4 Å². The maximum Gasteiger partial charge on any atom is 2.00 e. The van der Waals surface area contributed by atoms with Crippen LogP contribution in [0.4, 0.5) is 0 Å². The molecule has 0 bridgehead atoms. The fourth-order valence-corrected chi connectivity index (χ4v) is 0. The molecule has 0 fully saturated rings. The zero-order valence-corrected chi connectivity index (χ0v) is 10.0. The van der Waals surface area contributed by atoms with Crippen LogP contribution in [0.5, 0.6) is 0 Å². The predicted octanol–water partition coefficient (Wildman–Crippen LogP) is -5.18. The summed E-state index contributed by atoms with van der Waals surface area (Å²) < 4.78 is 0. The van der Waals surface area contributed by atoms with Crippen LogP contribution >= 0.6 is 0 Å². The molecule has 59 valence electrons. The molecule has 0 amide bonds. The second-order valence-electron chi connectivity index (χ2n) is 0. The van der Waals surface area contributed by atoms with E-state index in [0.717, 1.165) is 0 Å². The standard InChI is InChI=1S/3CN.K.Mn.3H2O/c3*1-2;;;;;/h;;;;;3*1H2/q3*-1;+1;+2;;;. The average Bonchev–Trinajstić information content (AvgIpc) is 1.81. The molecule has 0 aromatic rings. The van der Waals surface area contributed by atoms with Crippen molar-refractivity contribution >= 4 is 0 Å². The van der Waals surface area contributed by atoms with E-state index in [1.165, 1.54) is 0 Å². The molecule has 0 unspecified atom stereocenters. The zero-order valence-electron chi connectivity index (χ0n) is 5.72.